The number of benzene rings is 1. The molecule has 2 heteroatoms. The molecule has 0 bridgehead atoms. The summed E-state index contributed by atoms with van der Waals surface area (Å²) in [6.07, 6.45) is 1.82. The van der Waals surface area contributed by atoms with Crippen LogP contribution in [0.15, 0.2) is 48.1 Å². The van der Waals surface area contributed by atoms with Crippen molar-refractivity contribution < 1.29 is 10.2 Å². The second kappa shape index (κ2) is 5.37. The van der Waals surface area contributed by atoms with Gasteiger partial charge in [-0.05, 0) is 22.8 Å². The van der Waals surface area contributed by atoms with Gasteiger partial charge in [0.2, 0.25) is 0 Å². The van der Waals surface area contributed by atoms with Crippen molar-refractivity contribution in [2.45, 2.75) is 0 Å². The van der Waals surface area contributed by atoms with Gasteiger partial charge in [0.15, 0.2) is 0 Å². The average molecular weight is 190 g/mol. The van der Waals surface area contributed by atoms with Gasteiger partial charge in [0.25, 0.3) is 0 Å². The quantitative estimate of drug-likeness (QED) is 0.708. The van der Waals surface area contributed by atoms with Crippen molar-refractivity contribution in [2.75, 3.05) is 13.2 Å². The summed E-state index contributed by atoms with van der Waals surface area (Å²) in [5, 5.41) is 17.9. The van der Waals surface area contributed by atoms with Gasteiger partial charge in [-0.2, -0.15) is 0 Å². The van der Waals surface area contributed by atoms with Crippen LogP contribution in [0.5, 0.6) is 0 Å². The van der Waals surface area contributed by atoms with Gasteiger partial charge < -0.3 is 10.2 Å². The van der Waals surface area contributed by atoms with Crippen LogP contribution in [0.1, 0.15) is 5.56 Å². The van der Waals surface area contributed by atoms with E-state index in [1.54, 1.807) is 0 Å². The Morgan fingerprint density at radius 3 is 2.29 bits per heavy atom. The third-order valence-corrected chi connectivity index (χ3v) is 1.96. The maximum absolute atomic E-state index is 9.05. The van der Waals surface area contributed by atoms with Crippen LogP contribution in [-0.4, -0.2) is 23.4 Å². The van der Waals surface area contributed by atoms with E-state index in [0.29, 0.717) is 11.1 Å². The molecule has 1 aromatic carbocycles. The molecular weight excluding hydrogens is 176 g/mol. The van der Waals surface area contributed by atoms with Crippen molar-refractivity contribution >= 4 is 6.08 Å². The lowest BCUT2D eigenvalue weighted by Crippen LogP contribution is -1.98. The van der Waals surface area contributed by atoms with E-state index >= 15 is 0 Å². The van der Waals surface area contributed by atoms with Crippen LogP contribution < -0.4 is 0 Å². The highest BCUT2D eigenvalue weighted by Gasteiger charge is 1.99. The summed E-state index contributed by atoms with van der Waals surface area (Å²) in [6.45, 7) is 3.43. The first kappa shape index (κ1) is 10.7. The standard InChI is InChI=1S/C12H14O2/c1-10(8-13)12(9-14)7-11-5-3-2-4-6-11/h2-7,13-14H,1,8-9H2. The van der Waals surface area contributed by atoms with Crippen LogP contribution in [0.3, 0.4) is 0 Å². The Bertz CT molecular complexity index is 325. The van der Waals surface area contributed by atoms with Crippen LogP contribution in [0.25, 0.3) is 6.08 Å². The molecular formula is C12H14O2. The van der Waals surface area contributed by atoms with E-state index in [2.05, 4.69) is 6.58 Å². The van der Waals surface area contributed by atoms with E-state index in [4.69, 9.17) is 10.2 Å². The Balaban J connectivity index is 2.89. The number of rotatable bonds is 4. The Morgan fingerprint density at radius 1 is 1.14 bits per heavy atom. The van der Waals surface area contributed by atoms with Gasteiger partial charge in [0.1, 0.15) is 0 Å². The molecule has 14 heavy (non-hydrogen) atoms. The van der Waals surface area contributed by atoms with Crippen molar-refractivity contribution in [2.24, 2.45) is 0 Å². The second-order valence-corrected chi connectivity index (χ2v) is 3.00. The van der Waals surface area contributed by atoms with Crippen LogP contribution in [0.4, 0.5) is 0 Å². The van der Waals surface area contributed by atoms with E-state index in [1.165, 1.54) is 0 Å². The van der Waals surface area contributed by atoms with E-state index in [9.17, 15) is 0 Å². The van der Waals surface area contributed by atoms with Crippen molar-refractivity contribution in [3.8, 4) is 0 Å². The zero-order valence-electron chi connectivity index (χ0n) is 7.98. The monoisotopic (exact) mass is 190 g/mol. The summed E-state index contributed by atoms with van der Waals surface area (Å²) in [7, 11) is 0. The summed E-state index contributed by atoms with van der Waals surface area (Å²) >= 11 is 0. The number of aliphatic hydroxyl groups excluding tert-OH is 2. The molecule has 0 saturated heterocycles. The molecule has 0 fully saturated rings. The fraction of sp³-hybridized carbons (Fsp3) is 0.167. The smallest absolute Gasteiger partial charge is 0.0685 e. The minimum Gasteiger partial charge on any atom is -0.392 e. The SMILES string of the molecule is C=C(CO)C(=Cc1ccccc1)CO. The zero-order valence-corrected chi connectivity index (χ0v) is 7.98. The summed E-state index contributed by atoms with van der Waals surface area (Å²) < 4.78 is 0. The molecule has 2 nitrogen and oxygen atoms in total. The maximum atomic E-state index is 9.05. The summed E-state index contributed by atoms with van der Waals surface area (Å²) in [5.74, 6) is 0. The average Bonchev–Trinajstić information content (AvgIpc) is 2.26. The molecule has 0 heterocycles. The Kier molecular flexibility index (Phi) is 4.11. The number of hydrogen-bond acceptors (Lipinski definition) is 2. The van der Waals surface area contributed by atoms with Crippen molar-refractivity contribution in [3.05, 3.63) is 53.6 Å². The third-order valence-electron chi connectivity index (χ3n) is 1.96. The van der Waals surface area contributed by atoms with Crippen LogP contribution in [0, 0.1) is 0 Å². The molecule has 0 spiro atoms. The lowest BCUT2D eigenvalue weighted by atomic mass is 10.1. The van der Waals surface area contributed by atoms with Crippen molar-refractivity contribution in [1.82, 2.24) is 0 Å². The second-order valence-electron chi connectivity index (χ2n) is 3.00. The van der Waals surface area contributed by atoms with E-state index < -0.39 is 0 Å². The molecule has 74 valence electrons. The molecule has 1 rings (SSSR count). The molecule has 1 aromatic rings. The minimum atomic E-state index is -0.126. The third kappa shape index (κ3) is 2.83. The largest absolute Gasteiger partial charge is 0.392 e. The van der Waals surface area contributed by atoms with Gasteiger partial charge in [0.05, 0.1) is 13.2 Å². The fourth-order valence-electron chi connectivity index (χ4n) is 1.11. The van der Waals surface area contributed by atoms with Gasteiger partial charge in [0, 0.05) is 0 Å². The highest BCUT2D eigenvalue weighted by molar-refractivity contribution is 5.58. The van der Waals surface area contributed by atoms with Crippen LogP contribution in [0.2, 0.25) is 0 Å². The Labute approximate surface area is 83.8 Å². The Hall–Kier alpha value is -1.38. The molecule has 0 saturated carbocycles. The molecule has 0 aliphatic heterocycles. The van der Waals surface area contributed by atoms with Gasteiger partial charge in [-0.3, -0.25) is 0 Å². The first-order valence-electron chi connectivity index (χ1n) is 4.43. The predicted molar refractivity (Wildman–Crippen MR) is 57.7 cm³/mol. The van der Waals surface area contributed by atoms with Crippen molar-refractivity contribution in [3.63, 3.8) is 0 Å². The highest BCUT2D eigenvalue weighted by Crippen LogP contribution is 2.12. The fourth-order valence-corrected chi connectivity index (χ4v) is 1.11. The maximum Gasteiger partial charge on any atom is 0.0685 e. The molecule has 0 radical (unpaired) electrons. The molecule has 2 N–H and O–H groups in total. The zero-order chi connectivity index (χ0) is 10.4. The number of hydrogen-bond donors (Lipinski definition) is 2. The van der Waals surface area contributed by atoms with Crippen LogP contribution >= 0.6 is 0 Å². The van der Waals surface area contributed by atoms with Gasteiger partial charge in [-0.25, -0.2) is 0 Å². The first-order chi connectivity index (χ1) is 6.77. The first-order valence-corrected chi connectivity index (χ1v) is 4.43. The highest BCUT2D eigenvalue weighted by atomic mass is 16.3. The summed E-state index contributed by atoms with van der Waals surface area (Å²) in [6, 6.07) is 9.63. The van der Waals surface area contributed by atoms with E-state index in [0.717, 1.165) is 5.56 Å². The summed E-state index contributed by atoms with van der Waals surface area (Å²) in [4.78, 5) is 0. The lowest BCUT2D eigenvalue weighted by Gasteiger charge is -2.04. The van der Waals surface area contributed by atoms with Gasteiger partial charge in [-0.1, -0.05) is 36.9 Å². The molecule has 0 aliphatic carbocycles. The molecule has 0 aliphatic rings. The number of aliphatic hydroxyl groups is 2. The topological polar surface area (TPSA) is 40.5 Å². The molecule has 0 amide bonds. The van der Waals surface area contributed by atoms with E-state index in [1.807, 2.05) is 36.4 Å². The summed E-state index contributed by atoms with van der Waals surface area (Å²) in [5.41, 5.74) is 2.21. The molecule has 0 atom stereocenters. The normalized spacial score (nSPS) is 11.4. The van der Waals surface area contributed by atoms with Gasteiger partial charge in [-0.15, -0.1) is 0 Å². The van der Waals surface area contributed by atoms with Crippen molar-refractivity contribution in [1.29, 1.82) is 0 Å². The molecule has 0 unspecified atom stereocenters. The van der Waals surface area contributed by atoms with Gasteiger partial charge >= 0.3 is 0 Å². The lowest BCUT2D eigenvalue weighted by molar-refractivity contribution is 0.312. The van der Waals surface area contributed by atoms with E-state index in [-0.39, 0.29) is 13.2 Å². The minimum absolute atomic E-state index is 0.103. The predicted octanol–water partition coefficient (Wildman–Crippen LogP) is 1.61. The Morgan fingerprint density at radius 2 is 1.79 bits per heavy atom. The van der Waals surface area contributed by atoms with Crippen LogP contribution in [-0.2, 0) is 0 Å². The molecule has 0 aromatic heterocycles.